The Morgan fingerprint density at radius 3 is 2.89 bits per heavy atom. The van der Waals surface area contributed by atoms with E-state index in [9.17, 15) is 0 Å². The summed E-state index contributed by atoms with van der Waals surface area (Å²) in [7, 11) is 0. The van der Waals surface area contributed by atoms with Crippen LogP contribution in [0.15, 0.2) is 17.5 Å². The third kappa shape index (κ3) is 4.08. The van der Waals surface area contributed by atoms with Gasteiger partial charge in [0.05, 0.1) is 0 Å². The van der Waals surface area contributed by atoms with E-state index in [0.717, 1.165) is 12.5 Å². The Morgan fingerprint density at radius 2 is 2.28 bits per heavy atom. The number of nitrogens with two attached hydrogens (primary N) is 1. The molecule has 1 aliphatic carbocycles. The molecule has 0 spiro atoms. The van der Waals surface area contributed by atoms with Gasteiger partial charge in [0, 0.05) is 30.1 Å². The molecule has 1 saturated carbocycles. The van der Waals surface area contributed by atoms with Crippen molar-refractivity contribution in [1.29, 1.82) is 0 Å². The molecule has 0 amide bonds. The first-order valence-electron chi connectivity index (χ1n) is 7.17. The normalized spacial score (nSPS) is 24.9. The highest BCUT2D eigenvalue weighted by Gasteiger charge is 2.22. The Morgan fingerprint density at radius 1 is 1.44 bits per heavy atom. The van der Waals surface area contributed by atoms with Crippen LogP contribution in [0.2, 0.25) is 0 Å². The fourth-order valence-corrected chi connectivity index (χ4v) is 3.62. The Bertz CT molecular complexity index is 334. The third-order valence-electron chi connectivity index (χ3n) is 3.99. The van der Waals surface area contributed by atoms with Crippen LogP contribution in [-0.2, 0) is 6.54 Å². The van der Waals surface area contributed by atoms with Gasteiger partial charge in [0.15, 0.2) is 0 Å². The van der Waals surface area contributed by atoms with E-state index in [1.807, 2.05) is 11.3 Å². The highest BCUT2D eigenvalue weighted by atomic mass is 32.1. The molecule has 0 radical (unpaired) electrons. The molecule has 1 aliphatic rings. The zero-order chi connectivity index (χ0) is 13.0. The minimum atomic E-state index is 0.444. The SMILES string of the molecule is CC(C)N(Cc1cccs1)CC1CCCC(N)C1. The molecular weight excluding hydrogens is 240 g/mol. The van der Waals surface area contributed by atoms with E-state index >= 15 is 0 Å². The van der Waals surface area contributed by atoms with Gasteiger partial charge in [-0.05, 0) is 50.5 Å². The first-order valence-corrected chi connectivity index (χ1v) is 8.05. The molecule has 2 N–H and O–H groups in total. The minimum Gasteiger partial charge on any atom is -0.328 e. The Kier molecular flexibility index (Phi) is 5.22. The molecule has 0 aliphatic heterocycles. The van der Waals surface area contributed by atoms with Crippen molar-refractivity contribution in [1.82, 2.24) is 4.90 Å². The quantitative estimate of drug-likeness (QED) is 0.884. The molecule has 0 bridgehead atoms. The summed E-state index contributed by atoms with van der Waals surface area (Å²) in [6, 6.07) is 5.45. The molecule has 2 nitrogen and oxygen atoms in total. The number of nitrogens with zero attached hydrogens (tertiary/aromatic N) is 1. The van der Waals surface area contributed by atoms with Gasteiger partial charge in [0.25, 0.3) is 0 Å². The summed E-state index contributed by atoms with van der Waals surface area (Å²) < 4.78 is 0. The van der Waals surface area contributed by atoms with Crippen LogP contribution < -0.4 is 5.73 Å². The summed E-state index contributed by atoms with van der Waals surface area (Å²) in [5.41, 5.74) is 6.10. The minimum absolute atomic E-state index is 0.444. The lowest BCUT2D eigenvalue weighted by atomic mass is 9.85. The van der Waals surface area contributed by atoms with Crippen LogP contribution in [0.1, 0.15) is 44.4 Å². The molecule has 2 rings (SSSR count). The molecule has 102 valence electrons. The van der Waals surface area contributed by atoms with Gasteiger partial charge >= 0.3 is 0 Å². The standard InChI is InChI=1S/C15H26N2S/c1-12(2)17(11-15-7-4-8-18-15)10-13-5-3-6-14(16)9-13/h4,7-8,12-14H,3,5-6,9-11,16H2,1-2H3. The maximum Gasteiger partial charge on any atom is 0.0330 e. The molecule has 2 unspecified atom stereocenters. The largest absolute Gasteiger partial charge is 0.328 e. The van der Waals surface area contributed by atoms with Crippen molar-refractivity contribution < 1.29 is 0 Å². The topological polar surface area (TPSA) is 29.3 Å². The molecular formula is C15H26N2S. The van der Waals surface area contributed by atoms with E-state index in [4.69, 9.17) is 5.73 Å². The van der Waals surface area contributed by atoms with Gasteiger partial charge < -0.3 is 5.73 Å². The molecule has 0 saturated heterocycles. The molecule has 0 aromatic carbocycles. The van der Waals surface area contributed by atoms with Gasteiger partial charge in [-0.1, -0.05) is 12.5 Å². The van der Waals surface area contributed by atoms with Crippen molar-refractivity contribution in [2.45, 2.75) is 58.2 Å². The summed E-state index contributed by atoms with van der Waals surface area (Å²) in [4.78, 5) is 4.08. The fourth-order valence-electron chi connectivity index (χ4n) is 2.89. The van der Waals surface area contributed by atoms with Crippen LogP contribution in [0.3, 0.4) is 0 Å². The highest BCUT2D eigenvalue weighted by Crippen LogP contribution is 2.25. The van der Waals surface area contributed by atoms with Crippen LogP contribution >= 0.6 is 11.3 Å². The second-order valence-electron chi connectivity index (χ2n) is 5.90. The van der Waals surface area contributed by atoms with Crippen molar-refractivity contribution in [2.24, 2.45) is 11.7 Å². The van der Waals surface area contributed by atoms with Crippen LogP contribution in [-0.4, -0.2) is 23.5 Å². The zero-order valence-electron chi connectivity index (χ0n) is 11.6. The van der Waals surface area contributed by atoms with Gasteiger partial charge in [-0.3, -0.25) is 4.90 Å². The number of hydrogen-bond donors (Lipinski definition) is 1. The first kappa shape index (κ1) is 14.0. The van der Waals surface area contributed by atoms with E-state index in [-0.39, 0.29) is 0 Å². The predicted octanol–water partition coefficient (Wildman–Crippen LogP) is 3.48. The number of hydrogen-bond acceptors (Lipinski definition) is 3. The van der Waals surface area contributed by atoms with E-state index in [1.54, 1.807) is 0 Å². The average molecular weight is 266 g/mol. The number of thiophene rings is 1. The van der Waals surface area contributed by atoms with E-state index in [1.165, 1.54) is 37.1 Å². The molecule has 1 heterocycles. The molecule has 2 atom stereocenters. The Balaban J connectivity index is 1.89. The molecule has 18 heavy (non-hydrogen) atoms. The molecule has 1 aromatic heterocycles. The van der Waals surface area contributed by atoms with Crippen LogP contribution in [0.5, 0.6) is 0 Å². The second kappa shape index (κ2) is 6.69. The van der Waals surface area contributed by atoms with Crippen molar-refractivity contribution in [3.63, 3.8) is 0 Å². The van der Waals surface area contributed by atoms with Crippen LogP contribution in [0.4, 0.5) is 0 Å². The lowest BCUT2D eigenvalue weighted by Gasteiger charge is -2.34. The number of rotatable bonds is 5. The molecule has 1 aromatic rings. The van der Waals surface area contributed by atoms with Crippen molar-refractivity contribution in [2.75, 3.05) is 6.54 Å². The average Bonchev–Trinajstić information content (AvgIpc) is 2.81. The highest BCUT2D eigenvalue weighted by molar-refractivity contribution is 7.09. The Labute approximate surface area is 115 Å². The lowest BCUT2D eigenvalue weighted by molar-refractivity contribution is 0.154. The van der Waals surface area contributed by atoms with Gasteiger partial charge in [0.2, 0.25) is 0 Å². The maximum absolute atomic E-state index is 6.10. The van der Waals surface area contributed by atoms with Gasteiger partial charge in [0.1, 0.15) is 0 Å². The van der Waals surface area contributed by atoms with Gasteiger partial charge in [-0.2, -0.15) is 0 Å². The van der Waals surface area contributed by atoms with E-state index in [2.05, 4.69) is 36.3 Å². The summed E-state index contributed by atoms with van der Waals surface area (Å²) in [5.74, 6) is 0.802. The van der Waals surface area contributed by atoms with Crippen molar-refractivity contribution in [3.8, 4) is 0 Å². The zero-order valence-corrected chi connectivity index (χ0v) is 12.5. The van der Waals surface area contributed by atoms with Crippen LogP contribution in [0, 0.1) is 5.92 Å². The summed E-state index contributed by atoms with van der Waals surface area (Å²) in [6.07, 6.45) is 5.12. The predicted molar refractivity (Wildman–Crippen MR) is 79.8 cm³/mol. The van der Waals surface area contributed by atoms with Gasteiger partial charge in [-0.15, -0.1) is 11.3 Å². The summed E-state index contributed by atoms with van der Waals surface area (Å²) >= 11 is 1.86. The monoisotopic (exact) mass is 266 g/mol. The van der Waals surface area contributed by atoms with Crippen LogP contribution in [0.25, 0.3) is 0 Å². The van der Waals surface area contributed by atoms with Crippen molar-refractivity contribution in [3.05, 3.63) is 22.4 Å². The summed E-state index contributed by atoms with van der Waals surface area (Å²) in [6.45, 7) is 6.91. The third-order valence-corrected chi connectivity index (χ3v) is 4.85. The smallest absolute Gasteiger partial charge is 0.0330 e. The maximum atomic E-state index is 6.10. The Hall–Kier alpha value is -0.380. The molecule has 1 fully saturated rings. The van der Waals surface area contributed by atoms with Crippen molar-refractivity contribution >= 4 is 11.3 Å². The second-order valence-corrected chi connectivity index (χ2v) is 6.93. The van der Waals surface area contributed by atoms with E-state index in [0.29, 0.717) is 12.1 Å². The van der Waals surface area contributed by atoms with E-state index < -0.39 is 0 Å². The lowest BCUT2D eigenvalue weighted by Crippen LogP contribution is -2.38. The first-order chi connectivity index (χ1) is 8.65. The molecule has 3 heteroatoms. The fraction of sp³-hybridized carbons (Fsp3) is 0.733. The van der Waals surface area contributed by atoms with Gasteiger partial charge in [-0.25, -0.2) is 0 Å². The summed E-state index contributed by atoms with van der Waals surface area (Å²) in [5, 5.41) is 2.17.